The summed E-state index contributed by atoms with van der Waals surface area (Å²) in [5.41, 5.74) is 3.51. The molecule has 0 saturated carbocycles. The van der Waals surface area contributed by atoms with E-state index in [9.17, 15) is 0 Å². The largest absolute Gasteiger partial charge is 0.353 e. The highest BCUT2D eigenvalue weighted by Crippen LogP contribution is 2.14. The maximum Gasteiger partial charge on any atom is 0.194 e. The minimum absolute atomic E-state index is 0.749. The number of aryl methyl sites for hydroxylation is 2. The van der Waals surface area contributed by atoms with Crippen molar-refractivity contribution < 1.29 is 0 Å². The highest BCUT2D eigenvalue weighted by Gasteiger charge is 2.20. The van der Waals surface area contributed by atoms with E-state index in [2.05, 4.69) is 50.1 Å². The molecule has 0 bridgehead atoms. The maximum atomic E-state index is 4.48. The minimum atomic E-state index is 0.749. The molecule has 2 aromatic heterocycles. The molecule has 0 aliphatic carbocycles. The first-order valence-electron chi connectivity index (χ1n) is 8.70. The van der Waals surface area contributed by atoms with Gasteiger partial charge in [0.15, 0.2) is 5.96 Å². The van der Waals surface area contributed by atoms with Crippen LogP contribution in [0.5, 0.6) is 0 Å². The van der Waals surface area contributed by atoms with Crippen LogP contribution in [0.15, 0.2) is 29.4 Å². The van der Waals surface area contributed by atoms with Crippen molar-refractivity contribution in [3.05, 3.63) is 41.3 Å². The Bertz CT molecular complexity index is 727. The van der Waals surface area contributed by atoms with Crippen LogP contribution >= 0.6 is 0 Å². The summed E-state index contributed by atoms with van der Waals surface area (Å²) < 4.78 is 1.93. The topological polar surface area (TPSA) is 61.6 Å². The molecular formula is C18H27N7. The number of hydrogen-bond acceptors (Lipinski definition) is 4. The van der Waals surface area contributed by atoms with E-state index in [0.717, 1.165) is 50.2 Å². The Morgan fingerprint density at radius 2 is 1.96 bits per heavy atom. The van der Waals surface area contributed by atoms with Crippen LogP contribution in [0.1, 0.15) is 17.0 Å². The first-order valence-corrected chi connectivity index (χ1v) is 8.70. The zero-order valence-electron chi connectivity index (χ0n) is 15.5. The molecule has 0 unspecified atom stereocenters. The number of nitrogens with zero attached hydrogens (tertiary/aromatic N) is 6. The van der Waals surface area contributed by atoms with E-state index in [-0.39, 0.29) is 0 Å². The second-order valence-electron chi connectivity index (χ2n) is 6.34. The van der Waals surface area contributed by atoms with E-state index in [0.29, 0.717) is 0 Å². The molecule has 1 aliphatic rings. The lowest BCUT2D eigenvalue weighted by Gasteiger charge is -2.37. The van der Waals surface area contributed by atoms with Gasteiger partial charge in [0.05, 0.1) is 5.69 Å². The van der Waals surface area contributed by atoms with Gasteiger partial charge in [0.1, 0.15) is 5.82 Å². The fourth-order valence-corrected chi connectivity index (χ4v) is 3.26. The fourth-order valence-electron chi connectivity index (χ4n) is 3.26. The number of anilines is 1. The first-order chi connectivity index (χ1) is 12.1. The maximum absolute atomic E-state index is 4.48. The van der Waals surface area contributed by atoms with Crippen LogP contribution in [0, 0.1) is 13.8 Å². The molecule has 1 aliphatic heterocycles. The molecule has 7 heteroatoms. The summed E-state index contributed by atoms with van der Waals surface area (Å²) in [6.45, 7) is 8.66. The number of hydrogen-bond donors (Lipinski definition) is 1. The van der Waals surface area contributed by atoms with Crippen LogP contribution in [-0.2, 0) is 13.6 Å². The van der Waals surface area contributed by atoms with Gasteiger partial charge in [-0.25, -0.2) is 4.98 Å². The van der Waals surface area contributed by atoms with Gasteiger partial charge in [0.25, 0.3) is 0 Å². The molecule has 1 fully saturated rings. The van der Waals surface area contributed by atoms with Gasteiger partial charge in [-0.05, 0) is 26.0 Å². The number of guanidine groups is 1. The molecule has 0 aromatic carbocycles. The lowest BCUT2D eigenvalue weighted by atomic mass is 10.2. The molecule has 0 atom stereocenters. The zero-order valence-corrected chi connectivity index (χ0v) is 15.5. The highest BCUT2D eigenvalue weighted by molar-refractivity contribution is 5.80. The molecule has 1 saturated heterocycles. The van der Waals surface area contributed by atoms with E-state index in [1.54, 1.807) is 0 Å². The first kappa shape index (κ1) is 17.3. The van der Waals surface area contributed by atoms with Gasteiger partial charge in [0, 0.05) is 64.3 Å². The van der Waals surface area contributed by atoms with E-state index >= 15 is 0 Å². The van der Waals surface area contributed by atoms with E-state index < -0.39 is 0 Å². The summed E-state index contributed by atoms with van der Waals surface area (Å²) >= 11 is 0. The summed E-state index contributed by atoms with van der Waals surface area (Å²) in [6.07, 6.45) is 1.85. The van der Waals surface area contributed by atoms with E-state index in [1.807, 2.05) is 37.1 Å². The van der Waals surface area contributed by atoms with Crippen molar-refractivity contribution in [2.45, 2.75) is 20.4 Å². The predicted molar refractivity (Wildman–Crippen MR) is 101 cm³/mol. The molecule has 3 heterocycles. The Morgan fingerprint density at radius 1 is 1.20 bits per heavy atom. The van der Waals surface area contributed by atoms with Gasteiger partial charge in [0.2, 0.25) is 0 Å². The third-order valence-electron chi connectivity index (χ3n) is 4.85. The van der Waals surface area contributed by atoms with Gasteiger partial charge in [-0.1, -0.05) is 6.07 Å². The molecular weight excluding hydrogens is 314 g/mol. The van der Waals surface area contributed by atoms with Gasteiger partial charge in [-0.2, -0.15) is 5.10 Å². The third kappa shape index (κ3) is 3.75. The Kier molecular flexibility index (Phi) is 5.21. The molecule has 7 nitrogen and oxygen atoms in total. The Balaban J connectivity index is 1.58. The number of rotatable bonds is 3. The monoisotopic (exact) mass is 341 g/mol. The zero-order chi connectivity index (χ0) is 17.8. The molecule has 0 spiro atoms. The van der Waals surface area contributed by atoms with Crippen LogP contribution < -0.4 is 10.2 Å². The van der Waals surface area contributed by atoms with Crippen molar-refractivity contribution in [3.8, 4) is 0 Å². The van der Waals surface area contributed by atoms with Crippen molar-refractivity contribution in [2.24, 2.45) is 12.0 Å². The number of pyridine rings is 1. The molecule has 134 valence electrons. The highest BCUT2D eigenvalue weighted by atomic mass is 15.4. The summed E-state index contributed by atoms with van der Waals surface area (Å²) in [4.78, 5) is 13.5. The summed E-state index contributed by atoms with van der Waals surface area (Å²) in [5.74, 6) is 2.00. The van der Waals surface area contributed by atoms with Gasteiger partial charge < -0.3 is 15.1 Å². The SMILES string of the molecule is CN=C(NCc1c(C)nn(C)c1C)N1CCN(c2ccccn2)CC1. The summed E-state index contributed by atoms with van der Waals surface area (Å²) in [5, 5.41) is 7.97. The molecule has 25 heavy (non-hydrogen) atoms. The normalized spacial score (nSPS) is 15.6. The Labute approximate surface area is 149 Å². The average Bonchev–Trinajstić information content (AvgIpc) is 2.89. The van der Waals surface area contributed by atoms with Gasteiger partial charge in [-0.15, -0.1) is 0 Å². The van der Waals surface area contributed by atoms with Crippen molar-refractivity contribution in [3.63, 3.8) is 0 Å². The van der Waals surface area contributed by atoms with E-state index in [1.165, 1.54) is 11.3 Å². The average molecular weight is 341 g/mol. The predicted octanol–water partition coefficient (Wildman–Crippen LogP) is 1.33. The Morgan fingerprint density at radius 3 is 2.52 bits per heavy atom. The lowest BCUT2D eigenvalue weighted by Crippen LogP contribution is -2.52. The molecule has 2 aromatic rings. The van der Waals surface area contributed by atoms with E-state index in [4.69, 9.17) is 0 Å². The van der Waals surface area contributed by atoms with Crippen LogP contribution in [-0.4, -0.2) is 58.9 Å². The van der Waals surface area contributed by atoms with Crippen LogP contribution in [0.2, 0.25) is 0 Å². The molecule has 0 radical (unpaired) electrons. The van der Waals surface area contributed by atoms with Crippen molar-refractivity contribution >= 4 is 11.8 Å². The smallest absolute Gasteiger partial charge is 0.194 e. The minimum Gasteiger partial charge on any atom is -0.353 e. The van der Waals surface area contributed by atoms with Gasteiger partial charge in [-0.3, -0.25) is 9.67 Å². The Hall–Kier alpha value is -2.57. The third-order valence-corrected chi connectivity index (χ3v) is 4.85. The number of piperazine rings is 1. The fraction of sp³-hybridized carbons (Fsp3) is 0.500. The van der Waals surface area contributed by atoms with Crippen molar-refractivity contribution in [1.29, 1.82) is 0 Å². The summed E-state index contributed by atoms with van der Waals surface area (Å²) in [7, 11) is 3.83. The quantitative estimate of drug-likeness (QED) is 0.674. The second kappa shape index (κ2) is 7.55. The summed E-state index contributed by atoms with van der Waals surface area (Å²) in [6, 6.07) is 6.05. The van der Waals surface area contributed by atoms with Crippen molar-refractivity contribution in [1.82, 2.24) is 25.0 Å². The number of aliphatic imine (C=N–C) groups is 1. The van der Waals surface area contributed by atoms with Crippen molar-refractivity contribution in [2.75, 3.05) is 38.1 Å². The van der Waals surface area contributed by atoms with Crippen LogP contribution in [0.25, 0.3) is 0 Å². The number of aromatic nitrogens is 3. The second-order valence-corrected chi connectivity index (χ2v) is 6.34. The van der Waals surface area contributed by atoms with Gasteiger partial charge >= 0.3 is 0 Å². The standard InChI is InChI=1S/C18H27N7/c1-14-16(15(2)23(4)22-14)13-21-18(19-3)25-11-9-24(10-12-25)17-7-5-6-8-20-17/h5-8H,9-13H2,1-4H3,(H,19,21). The van der Waals surface area contributed by atoms with Crippen LogP contribution in [0.4, 0.5) is 5.82 Å². The molecule has 3 rings (SSSR count). The van der Waals surface area contributed by atoms with Crippen LogP contribution in [0.3, 0.4) is 0 Å². The number of nitrogens with one attached hydrogen (secondary N) is 1. The molecule has 1 N–H and O–H groups in total. The lowest BCUT2D eigenvalue weighted by molar-refractivity contribution is 0.371. The molecule has 0 amide bonds.